The molecule has 40 heavy (non-hydrogen) atoms. The standard InChI is InChI=1S/C31H29N7O2/c1-5-28-36-29-19(2)12-20(3)35-31(29)38(28)17-21-6-8-22(9-7-21)27-14-23(10-11-26(27)30-33-18-34-37-30)40-25-13-24(39-4)15-32-16-25/h6-16H,5,17-18H2,1-4H3. The number of ether oxygens (including phenoxy) is 2. The number of rotatable bonds is 8. The largest absolute Gasteiger partial charge is 0.495 e. The van der Waals surface area contributed by atoms with Crippen LogP contribution in [0.1, 0.15) is 35.1 Å². The number of imidazole rings is 1. The first kappa shape index (κ1) is 25.4. The zero-order chi connectivity index (χ0) is 27.6. The van der Waals surface area contributed by atoms with Gasteiger partial charge in [0.1, 0.15) is 28.6 Å². The highest BCUT2D eigenvalue weighted by molar-refractivity contribution is 6.05. The lowest BCUT2D eigenvalue weighted by Gasteiger charge is -2.13. The highest BCUT2D eigenvalue weighted by atomic mass is 16.5. The molecule has 0 unspecified atom stereocenters. The van der Waals surface area contributed by atoms with E-state index < -0.39 is 0 Å². The zero-order valence-electron chi connectivity index (χ0n) is 22.9. The van der Waals surface area contributed by atoms with E-state index >= 15 is 0 Å². The molecular formula is C31H29N7O2. The Kier molecular flexibility index (Phi) is 6.77. The molecule has 4 heterocycles. The van der Waals surface area contributed by atoms with E-state index in [0.717, 1.165) is 56.9 Å². The van der Waals surface area contributed by atoms with Crippen LogP contribution in [0.3, 0.4) is 0 Å². The highest BCUT2D eigenvalue weighted by Gasteiger charge is 2.17. The molecule has 1 aliphatic rings. The van der Waals surface area contributed by atoms with E-state index in [4.69, 9.17) is 19.4 Å². The second kappa shape index (κ2) is 10.7. The molecule has 6 rings (SSSR count). The number of hydrogen-bond donors (Lipinski definition) is 0. The SMILES string of the molecule is CCc1nc2c(C)cc(C)nc2n1Cc1ccc(-c2cc(Oc3cncc(OC)c3)ccc2C2=NCN=N2)cc1. The molecular weight excluding hydrogens is 502 g/mol. The summed E-state index contributed by atoms with van der Waals surface area (Å²) in [5.74, 6) is 3.53. The van der Waals surface area contributed by atoms with E-state index in [-0.39, 0.29) is 0 Å². The van der Waals surface area contributed by atoms with Crippen molar-refractivity contribution in [2.24, 2.45) is 15.2 Å². The lowest BCUT2D eigenvalue weighted by molar-refractivity contribution is 0.406. The minimum atomic E-state index is 0.340. The van der Waals surface area contributed by atoms with Gasteiger partial charge in [0.25, 0.3) is 0 Å². The van der Waals surface area contributed by atoms with Gasteiger partial charge in [-0.15, -0.1) is 5.11 Å². The Morgan fingerprint density at radius 3 is 2.45 bits per heavy atom. The van der Waals surface area contributed by atoms with Gasteiger partial charge in [-0.2, -0.15) is 5.11 Å². The topological polar surface area (TPSA) is 99.1 Å². The van der Waals surface area contributed by atoms with E-state index in [1.807, 2.05) is 25.1 Å². The number of aromatic nitrogens is 4. The summed E-state index contributed by atoms with van der Waals surface area (Å²) in [5.41, 5.74) is 8.08. The van der Waals surface area contributed by atoms with Gasteiger partial charge in [0.15, 0.2) is 18.2 Å². The smallest absolute Gasteiger partial charge is 0.179 e. The van der Waals surface area contributed by atoms with Gasteiger partial charge in [-0.25, -0.2) is 15.0 Å². The van der Waals surface area contributed by atoms with Crippen LogP contribution < -0.4 is 9.47 Å². The highest BCUT2D eigenvalue weighted by Crippen LogP contribution is 2.33. The van der Waals surface area contributed by atoms with Gasteiger partial charge < -0.3 is 14.0 Å². The molecule has 0 saturated carbocycles. The van der Waals surface area contributed by atoms with Crippen LogP contribution in [0.15, 0.2) is 82.2 Å². The van der Waals surface area contributed by atoms with Gasteiger partial charge in [0, 0.05) is 23.7 Å². The van der Waals surface area contributed by atoms with Gasteiger partial charge in [-0.05, 0) is 60.4 Å². The van der Waals surface area contributed by atoms with Crippen molar-refractivity contribution in [1.29, 1.82) is 0 Å². The van der Waals surface area contributed by atoms with Gasteiger partial charge in [-0.3, -0.25) is 4.98 Å². The minimum Gasteiger partial charge on any atom is -0.495 e. The van der Waals surface area contributed by atoms with E-state index in [2.05, 4.69) is 69.0 Å². The summed E-state index contributed by atoms with van der Waals surface area (Å²) in [4.78, 5) is 18.3. The third-order valence-corrected chi connectivity index (χ3v) is 6.86. The van der Waals surface area contributed by atoms with Crippen molar-refractivity contribution in [3.8, 4) is 28.4 Å². The molecule has 0 spiro atoms. The molecule has 0 aliphatic carbocycles. The number of benzene rings is 2. The molecule has 5 aromatic rings. The van der Waals surface area contributed by atoms with Crippen LogP contribution in [0.5, 0.6) is 17.2 Å². The second-order valence-electron chi connectivity index (χ2n) is 9.65. The lowest BCUT2D eigenvalue weighted by atomic mass is 9.97. The quantitative estimate of drug-likeness (QED) is 0.222. The summed E-state index contributed by atoms with van der Waals surface area (Å²) in [7, 11) is 1.60. The average Bonchev–Trinajstić information content (AvgIpc) is 3.62. The molecule has 3 aromatic heterocycles. The molecule has 0 saturated heterocycles. The molecule has 0 fully saturated rings. The maximum Gasteiger partial charge on any atom is 0.179 e. The molecule has 1 aliphatic heterocycles. The molecule has 9 nitrogen and oxygen atoms in total. The van der Waals surface area contributed by atoms with Crippen LogP contribution in [-0.4, -0.2) is 39.1 Å². The summed E-state index contributed by atoms with van der Waals surface area (Å²) >= 11 is 0. The van der Waals surface area contributed by atoms with Crippen molar-refractivity contribution < 1.29 is 9.47 Å². The Morgan fingerprint density at radius 2 is 1.70 bits per heavy atom. The van der Waals surface area contributed by atoms with Crippen LogP contribution in [0.25, 0.3) is 22.3 Å². The maximum absolute atomic E-state index is 6.13. The van der Waals surface area contributed by atoms with E-state index in [1.54, 1.807) is 25.6 Å². The lowest BCUT2D eigenvalue weighted by Crippen LogP contribution is -2.06. The van der Waals surface area contributed by atoms with E-state index in [0.29, 0.717) is 36.3 Å². The molecule has 0 N–H and O–H groups in total. The summed E-state index contributed by atoms with van der Waals surface area (Å²) < 4.78 is 13.6. The Labute approximate surface area is 232 Å². The predicted octanol–water partition coefficient (Wildman–Crippen LogP) is 6.69. The Hall–Kier alpha value is -4.92. The molecule has 200 valence electrons. The fourth-order valence-corrected chi connectivity index (χ4v) is 4.95. The first-order valence-electron chi connectivity index (χ1n) is 13.2. The third-order valence-electron chi connectivity index (χ3n) is 6.86. The molecule has 0 bridgehead atoms. The number of azo groups is 1. The predicted molar refractivity (Wildman–Crippen MR) is 154 cm³/mol. The molecule has 0 atom stereocenters. The van der Waals surface area contributed by atoms with Crippen LogP contribution in [0, 0.1) is 13.8 Å². The maximum atomic E-state index is 6.13. The van der Waals surface area contributed by atoms with E-state index in [1.165, 1.54) is 0 Å². The first-order valence-corrected chi connectivity index (χ1v) is 13.2. The molecule has 2 aromatic carbocycles. The number of hydrogen-bond acceptors (Lipinski definition) is 8. The van der Waals surface area contributed by atoms with Crippen LogP contribution in [0.2, 0.25) is 0 Å². The zero-order valence-corrected chi connectivity index (χ0v) is 22.9. The first-order chi connectivity index (χ1) is 19.5. The van der Waals surface area contributed by atoms with Crippen LogP contribution >= 0.6 is 0 Å². The molecule has 0 radical (unpaired) electrons. The number of aliphatic imine (C=N–C) groups is 1. The Morgan fingerprint density at radius 1 is 0.875 bits per heavy atom. The van der Waals surface area contributed by atoms with Gasteiger partial charge in [-0.1, -0.05) is 31.2 Å². The number of fused-ring (bicyclic) bond motifs is 1. The van der Waals surface area contributed by atoms with Crippen molar-refractivity contribution in [1.82, 2.24) is 19.5 Å². The summed E-state index contributed by atoms with van der Waals surface area (Å²) in [6.07, 6.45) is 4.13. The van der Waals surface area contributed by atoms with Crippen LogP contribution in [-0.2, 0) is 13.0 Å². The summed E-state index contributed by atoms with van der Waals surface area (Å²) in [6, 6.07) is 18.3. The Bertz CT molecular complexity index is 1770. The fourth-order valence-electron chi connectivity index (χ4n) is 4.95. The van der Waals surface area contributed by atoms with Crippen molar-refractivity contribution >= 4 is 17.0 Å². The van der Waals surface area contributed by atoms with Crippen molar-refractivity contribution in [3.63, 3.8) is 0 Å². The number of pyridine rings is 2. The normalized spacial score (nSPS) is 12.7. The van der Waals surface area contributed by atoms with Crippen LogP contribution in [0.4, 0.5) is 0 Å². The summed E-state index contributed by atoms with van der Waals surface area (Å²) in [6.45, 7) is 7.28. The number of nitrogens with zero attached hydrogens (tertiary/aromatic N) is 7. The third kappa shape index (κ3) is 4.93. The van der Waals surface area contributed by atoms with Gasteiger partial charge in [0.05, 0.1) is 26.0 Å². The second-order valence-corrected chi connectivity index (χ2v) is 9.65. The average molecular weight is 532 g/mol. The van der Waals surface area contributed by atoms with Gasteiger partial charge in [0.2, 0.25) is 0 Å². The monoisotopic (exact) mass is 531 g/mol. The summed E-state index contributed by atoms with van der Waals surface area (Å²) in [5, 5.41) is 8.30. The number of aryl methyl sites for hydroxylation is 3. The minimum absolute atomic E-state index is 0.340. The number of amidine groups is 1. The van der Waals surface area contributed by atoms with Crippen molar-refractivity contribution in [2.45, 2.75) is 33.7 Å². The van der Waals surface area contributed by atoms with Crippen molar-refractivity contribution in [2.75, 3.05) is 13.8 Å². The molecule has 9 heteroatoms. The van der Waals surface area contributed by atoms with E-state index in [9.17, 15) is 0 Å². The number of methoxy groups -OCH3 is 1. The Balaban J connectivity index is 1.34. The fraction of sp³-hybridized carbons (Fsp3) is 0.226. The van der Waals surface area contributed by atoms with Gasteiger partial charge >= 0.3 is 0 Å². The molecule has 0 amide bonds. The van der Waals surface area contributed by atoms with Crippen molar-refractivity contribution in [3.05, 3.63) is 95.2 Å².